The largest absolute Gasteiger partial charge is 0.493 e. The van der Waals surface area contributed by atoms with Gasteiger partial charge in [0.15, 0.2) is 5.69 Å². The highest BCUT2D eigenvalue weighted by Crippen LogP contribution is 2.39. The molecule has 2 N–H and O–H groups in total. The number of aryl methyl sites for hydroxylation is 1. The van der Waals surface area contributed by atoms with Crippen LogP contribution in [0.1, 0.15) is 24.8 Å². The Morgan fingerprint density at radius 3 is 2.61 bits per heavy atom. The molecule has 3 aromatic rings. The van der Waals surface area contributed by atoms with Gasteiger partial charge in [-0.1, -0.05) is 36.8 Å². The van der Waals surface area contributed by atoms with Crippen molar-refractivity contribution in [3.05, 3.63) is 54.1 Å². The SMILES string of the molecule is Cc1cccc(NC(=O)C(=O)N=Nc2c(O)n(CN3CCCCC3)c3ccccc23)c1. The maximum atomic E-state index is 12.2. The van der Waals surface area contributed by atoms with Gasteiger partial charge in [0.05, 0.1) is 12.2 Å². The first-order chi connectivity index (χ1) is 15.0. The van der Waals surface area contributed by atoms with Crippen LogP contribution >= 0.6 is 0 Å². The number of carbonyl (C=O) groups excluding carboxylic acids is 2. The number of nitrogens with zero attached hydrogens (tertiary/aromatic N) is 4. The molecule has 0 atom stereocenters. The summed E-state index contributed by atoms with van der Waals surface area (Å²) in [5.74, 6) is -1.98. The van der Waals surface area contributed by atoms with E-state index in [4.69, 9.17) is 0 Å². The molecule has 0 aliphatic carbocycles. The normalized spacial score (nSPS) is 14.9. The second kappa shape index (κ2) is 9.09. The van der Waals surface area contributed by atoms with Gasteiger partial charge in [-0.3, -0.25) is 19.1 Å². The summed E-state index contributed by atoms with van der Waals surface area (Å²) in [6.45, 7) is 4.37. The lowest BCUT2D eigenvalue weighted by molar-refractivity contribution is -0.134. The number of piperidine rings is 1. The lowest BCUT2D eigenvalue weighted by atomic mass is 10.1. The van der Waals surface area contributed by atoms with Gasteiger partial charge < -0.3 is 10.4 Å². The van der Waals surface area contributed by atoms with Crippen LogP contribution in [-0.2, 0) is 16.3 Å². The molecular formula is C23H25N5O3. The van der Waals surface area contributed by atoms with E-state index in [1.165, 1.54) is 6.42 Å². The molecule has 31 heavy (non-hydrogen) atoms. The molecule has 160 valence electrons. The number of likely N-dealkylation sites (tertiary alicyclic amines) is 1. The Kier molecular flexibility index (Phi) is 6.08. The monoisotopic (exact) mass is 419 g/mol. The van der Waals surface area contributed by atoms with Gasteiger partial charge in [0, 0.05) is 11.1 Å². The van der Waals surface area contributed by atoms with Crippen molar-refractivity contribution in [2.75, 3.05) is 18.4 Å². The van der Waals surface area contributed by atoms with Crippen molar-refractivity contribution >= 4 is 34.1 Å². The standard InChI is InChI=1S/C23H25N5O3/c1-16-8-7-9-17(14-16)24-21(29)22(30)26-25-20-18-10-3-4-11-19(18)28(23(20)31)15-27-12-5-2-6-13-27/h3-4,7-11,14,31H,2,5-6,12-13,15H2,1H3,(H,24,29). The van der Waals surface area contributed by atoms with Gasteiger partial charge in [-0.05, 0) is 56.6 Å². The van der Waals surface area contributed by atoms with E-state index < -0.39 is 11.8 Å². The van der Waals surface area contributed by atoms with Gasteiger partial charge in [0.25, 0.3) is 0 Å². The first-order valence-electron chi connectivity index (χ1n) is 10.4. The van der Waals surface area contributed by atoms with Crippen LogP contribution in [0.2, 0.25) is 0 Å². The zero-order chi connectivity index (χ0) is 21.8. The number of nitrogens with one attached hydrogen (secondary N) is 1. The third-order valence-corrected chi connectivity index (χ3v) is 5.42. The van der Waals surface area contributed by atoms with Gasteiger partial charge in [-0.15, -0.1) is 10.2 Å². The average Bonchev–Trinajstić information content (AvgIpc) is 3.04. The summed E-state index contributed by atoms with van der Waals surface area (Å²) in [5, 5.41) is 21.5. The van der Waals surface area contributed by atoms with Crippen molar-refractivity contribution in [2.24, 2.45) is 10.2 Å². The summed E-state index contributed by atoms with van der Waals surface area (Å²) in [6, 6.07) is 14.5. The lowest BCUT2D eigenvalue weighted by Gasteiger charge is -2.27. The summed E-state index contributed by atoms with van der Waals surface area (Å²) in [7, 11) is 0. The number of hydrogen-bond acceptors (Lipinski definition) is 5. The fourth-order valence-electron chi connectivity index (χ4n) is 3.86. The third-order valence-electron chi connectivity index (χ3n) is 5.42. The van der Waals surface area contributed by atoms with Crippen molar-refractivity contribution in [1.82, 2.24) is 9.47 Å². The first kappa shape index (κ1) is 20.7. The van der Waals surface area contributed by atoms with Gasteiger partial charge in [0.1, 0.15) is 0 Å². The van der Waals surface area contributed by atoms with Crippen LogP contribution in [0.25, 0.3) is 10.9 Å². The van der Waals surface area contributed by atoms with Crippen LogP contribution in [0.4, 0.5) is 11.4 Å². The smallest absolute Gasteiger partial charge is 0.353 e. The fourth-order valence-corrected chi connectivity index (χ4v) is 3.86. The van der Waals surface area contributed by atoms with Crippen molar-refractivity contribution in [3.8, 4) is 5.88 Å². The van der Waals surface area contributed by atoms with Gasteiger partial charge >= 0.3 is 11.8 Å². The predicted octanol–water partition coefficient (Wildman–Crippen LogP) is 4.35. The highest BCUT2D eigenvalue weighted by atomic mass is 16.3. The predicted molar refractivity (Wildman–Crippen MR) is 118 cm³/mol. The number of aromatic hydroxyl groups is 1. The van der Waals surface area contributed by atoms with Crippen LogP contribution in [0.5, 0.6) is 5.88 Å². The topological polar surface area (TPSA) is 99.3 Å². The number of para-hydroxylation sites is 1. The molecule has 0 spiro atoms. The molecular weight excluding hydrogens is 394 g/mol. The van der Waals surface area contributed by atoms with Gasteiger partial charge in [-0.2, -0.15) is 0 Å². The van der Waals surface area contributed by atoms with Crippen molar-refractivity contribution in [1.29, 1.82) is 0 Å². The molecule has 1 fully saturated rings. The van der Waals surface area contributed by atoms with Crippen LogP contribution in [0, 0.1) is 6.92 Å². The van der Waals surface area contributed by atoms with E-state index in [-0.39, 0.29) is 11.6 Å². The summed E-state index contributed by atoms with van der Waals surface area (Å²) in [4.78, 5) is 26.7. The Morgan fingerprint density at radius 1 is 1.06 bits per heavy atom. The van der Waals surface area contributed by atoms with Crippen LogP contribution in [-0.4, -0.2) is 39.5 Å². The number of fused-ring (bicyclic) bond motifs is 1. The molecule has 1 aliphatic heterocycles. The maximum Gasteiger partial charge on any atom is 0.353 e. The zero-order valence-electron chi connectivity index (χ0n) is 17.4. The Labute approximate surface area is 180 Å². The number of benzene rings is 2. The highest BCUT2D eigenvalue weighted by molar-refractivity contribution is 6.40. The minimum atomic E-state index is -1.03. The summed E-state index contributed by atoms with van der Waals surface area (Å²) in [5.41, 5.74) is 2.45. The van der Waals surface area contributed by atoms with E-state index in [9.17, 15) is 14.7 Å². The molecule has 0 unspecified atom stereocenters. The maximum absolute atomic E-state index is 12.2. The van der Waals surface area contributed by atoms with Gasteiger partial charge in [0.2, 0.25) is 5.88 Å². The van der Waals surface area contributed by atoms with Gasteiger partial charge in [-0.25, -0.2) is 0 Å². The number of azo groups is 1. The fraction of sp³-hybridized carbons (Fsp3) is 0.304. The van der Waals surface area contributed by atoms with Crippen molar-refractivity contribution in [2.45, 2.75) is 32.9 Å². The Balaban J connectivity index is 1.56. The van der Waals surface area contributed by atoms with E-state index in [2.05, 4.69) is 20.4 Å². The third kappa shape index (κ3) is 4.64. The summed E-state index contributed by atoms with van der Waals surface area (Å²) >= 11 is 0. The summed E-state index contributed by atoms with van der Waals surface area (Å²) < 4.78 is 1.77. The summed E-state index contributed by atoms with van der Waals surface area (Å²) in [6.07, 6.45) is 3.50. The van der Waals surface area contributed by atoms with E-state index in [1.807, 2.05) is 37.3 Å². The van der Waals surface area contributed by atoms with E-state index in [1.54, 1.807) is 22.8 Å². The van der Waals surface area contributed by atoms with Crippen LogP contribution in [0.15, 0.2) is 58.8 Å². The molecule has 8 heteroatoms. The Bertz CT molecular complexity index is 1150. The molecule has 0 bridgehead atoms. The molecule has 1 aromatic heterocycles. The van der Waals surface area contributed by atoms with Crippen molar-refractivity contribution in [3.63, 3.8) is 0 Å². The van der Waals surface area contributed by atoms with Crippen molar-refractivity contribution < 1.29 is 14.7 Å². The minimum absolute atomic E-state index is 0.0672. The second-order valence-corrected chi connectivity index (χ2v) is 7.77. The average molecular weight is 419 g/mol. The Morgan fingerprint density at radius 2 is 1.84 bits per heavy atom. The van der Waals surface area contributed by atoms with E-state index >= 15 is 0 Å². The molecule has 1 aliphatic rings. The number of carbonyl (C=O) groups is 2. The zero-order valence-corrected chi connectivity index (χ0v) is 17.4. The highest BCUT2D eigenvalue weighted by Gasteiger charge is 2.20. The number of rotatable bonds is 4. The molecule has 2 amide bonds. The second-order valence-electron chi connectivity index (χ2n) is 7.77. The number of amides is 2. The molecule has 8 nitrogen and oxygen atoms in total. The number of hydrogen-bond donors (Lipinski definition) is 2. The lowest BCUT2D eigenvalue weighted by Crippen LogP contribution is -2.31. The molecule has 1 saturated heterocycles. The number of anilines is 1. The van der Waals surface area contributed by atoms with E-state index in [0.29, 0.717) is 17.7 Å². The van der Waals surface area contributed by atoms with Crippen LogP contribution in [0.3, 0.4) is 0 Å². The molecule has 0 saturated carbocycles. The quantitative estimate of drug-likeness (QED) is 0.485. The molecule has 4 rings (SSSR count). The number of aromatic nitrogens is 1. The molecule has 0 radical (unpaired) electrons. The first-order valence-corrected chi connectivity index (χ1v) is 10.4. The molecule has 2 aromatic carbocycles. The minimum Gasteiger partial charge on any atom is -0.493 e. The van der Waals surface area contributed by atoms with E-state index in [0.717, 1.165) is 37.0 Å². The molecule has 2 heterocycles. The van der Waals surface area contributed by atoms with Crippen LogP contribution < -0.4 is 5.32 Å². The Hall–Kier alpha value is -3.52.